The van der Waals surface area contributed by atoms with Gasteiger partial charge in [-0.1, -0.05) is 12.1 Å². The fourth-order valence-electron chi connectivity index (χ4n) is 3.68. The fraction of sp³-hybridized carbons (Fsp3) is 0.667. The number of carbonyl (C=O) groups excluding carboxylic acids is 1. The van der Waals surface area contributed by atoms with E-state index in [0.717, 1.165) is 45.4 Å². The van der Waals surface area contributed by atoms with Gasteiger partial charge in [0.1, 0.15) is 5.69 Å². The lowest BCUT2D eigenvalue weighted by Gasteiger charge is -2.33. The Kier molecular flexibility index (Phi) is 7.03. The normalized spacial score (nSPS) is 20.8. The van der Waals surface area contributed by atoms with E-state index in [2.05, 4.69) is 25.5 Å². The van der Waals surface area contributed by atoms with Gasteiger partial charge in [-0.05, 0) is 25.5 Å². The zero-order chi connectivity index (χ0) is 18.6. The molecule has 1 N–H and O–H groups in total. The third-order valence-electron chi connectivity index (χ3n) is 5.31. The number of hydrogen-bond acceptors (Lipinski definition) is 7. The van der Waals surface area contributed by atoms with Crippen molar-refractivity contribution in [3.63, 3.8) is 0 Å². The number of amides is 1. The highest BCUT2D eigenvalue weighted by Crippen LogP contribution is 2.17. The molecule has 2 aromatic rings. The van der Waals surface area contributed by atoms with E-state index in [-0.39, 0.29) is 18.3 Å². The molecule has 2 aliphatic rings. The van der Waals surface area contributed by atoms with Crippen LogP contribution in [0.25, 0.3) is 0 Å². The van der Waals surface area contributed by atoms with Crippen LogP contribution in [0.1, 0.15) is 48.0 Å². The summed E-state index contributed by atoms with van der Waals surface area (Å²) < 4.78 is 7.10. The first-order valence-corrected chi connectivity index (χ1v) is 9.82. The zero-order valence-corrected chi connectivity index (χ0v) is 17.0. The van der Waals surface area contributed by atoms with Crippen LogP contribution in [0.15, 0.2) is 16.8 Å². The van der Waals surface area contributed by atoms with E-state index < -0.39 is 0 Å². The van der Waals surface area contributed by atoms with Gasteiger partial charge in [0.15, 0.2) is 5.82 Å². The molecule has 2 aromatic heterocycles. The molecule has 0 radical (unpaired) electrons. The second-order valence-corrected chi connectivity index (χ2v) is 7.21. The van der Waals surface area contributed by atoms with E-state index in [9.17, 15) is 4.79 Å². The van der Waals surface area contributed by atoms with Crippen molar-refractivity contribution in [1.29, 1.82) is 0 Å². The Bertz CT molecular complexity index is 764. The molecule has 1 atom stereocenters. The summed E-state index contributed by atoms with van der Waals surface area (Å²) >= 11 is 0. The third kappa shape index (κ3) is 4.71. The topological polar surface area (TPSA) is 92.3 Å². The number of aryl methyl sites for hydroxylation is 1. The van der Waals surface area contributed by atoms with Gasteiger partial charge in [-0.25, -0.2) is 0 Å². The maximum Gasteiger partial charge on any atom is 0.274 e. The highest BCUT2D eigenvalue weighted by Gasteiger charge is 2.25. The van der Waals surface area contributed by atoms with Gasteiger partial charge in [0.05, 0.1) is 12.6 Å². The summed E-state index contributed by atoms with van der Waals surface area (Å²) in [5.74, 6) is 1.40. The van der Waals surface area contributed by atoms with Gasteiger partial charge in [-0.15, -0.1) is 12.4 Å². The Balaban J connectivity index is 0.00000225. The first kappa shape index (κ1) is 20.8. The molecule has 1 amide bonds. The van der Waals surface area contributed by atoms with Crippen molar-refractivity contribution in [2.45, 2.75) is 38.8 Å². The molecule has 0 aliphatic carbocycles. The van der Waals surface area contributed by atoms with E-state index in [1.54, 1.807) is 0 Å². The molecule has 0 spiro atoms. The molecule has 0 aromatic carbocycles. The predicted octanol–water partition coefficient (Wildman–Crippen LogP) is 1.13. The first-order valence-electron chi connectivity index (χ1n) is 9.82. The molecule has 4 rings (SSSR count). The number of rotatable bonds is 5. The van der Waals surface area contributed by atoms with E-state index >= 15 is 0 Å². The maximum absolute atomic E-state index is 12.8. The minimum Gasteiger partial charge on any atom is -0.339 e. The maximum atomic E-state index is 12.8. The van der Waals surface area contributed by atoms with Crippen LogP contribution in [-0.2, 0) is 13.0 Å². The number of hydrogen-bond donors (Lipinski definition) is 1. The Morgan fingerprint density at radius 1 is 1.32 bits per heavy atom. The molecule has 4 heterocycles. The van der Waals surface area contributed by atoms with Gasteiger partial charge in [-0.2, -0.15) is 10.1 Å². The Hall–Kier alpha value is -1.97. The number of nitrogens with zero attached hydrogens (tertiary/aromatic N) is 6. The van der Waals surface area contributed by atoms with Crippen LogP contribution in [0.3, 0.4) is 0 Å². The van der Waals surface area contributed by atoms with Gasteiger partial charge in [0, 0.05) is 45.3 Å². The average Bonchev–Trinajstić information content (AvgIpc) is 3.38. The number of nitrogens with one attached hydrogen (secondary N) is 1. The van der Waals surface area contributed by atoms with E-state index in [0.29, 0.717) is 43.1 Å². The Morgan fingerprint density at radius 2 is 2.14 bits per heavy atom. The standard InChI is InChI=1S/C18H27N7O2.ClH/c1-2-17-20-16(22-27-17)13-23-8-10-24(11-9-23)18(26)15-5-7-25(21-15)14-4-3-6-19-12-14;/h5,7,14,19H,2-4,6,8-13H2,1H3;1H. The number of piperazine rings is 1. The summed E-state index contributed by atoms with van der Waals surface area (Å²) in [5.41, 5.74) is 0.541. The molecule has 0 bridgehead atoms. The highest BCUT2D eigenvalue weighted by atomic mass is 35.5. The van der Waals surface area contributed by atoms with Crippen molar-refractivity contribution in [3.8, 4) is 0 Å². The molecule has 1 unspecified atom stereocenters. The van der Waals surface area contributed by atoms with Gasteiger partial charge in [0.25, 0.3) is 5.91 Å². The summed E-state index contributed by atoms with van der Waals surface area (Å²) in [6, 6.07) is 2.19. The molecule has 154 valence electrons. The molecule has 10 heteroatoms. The SMILES string of the molecule is CCc1nc(CN2CCN(C(=O)c3ccn(C4CCCNC4)n3)CC2)no1.Cl. The largest absolute Gasteiger partial charge is 0.339 e. The molecule has 9 nitrogen and oxygen atoms in total. The second kappa shape index (κ2) is 9.49. The molecular weight excluding hydrogens is 382 g/mol. The van der Waals surface area contributed by atoms with Crippen molar-refractivity contribution >= 4 is 18.3 Å². The predicted molar refractivity (Wildman–Crippen MR) is 105 cm³/mol. The van der Waals surface area contributed by atoms with Crippen molar-refractivity contribution in [3.05, 3.63) is 29.7 Å². The summed E-state index contributed by atoms with van der Waals surface area (Å²) in [4.78, 5) is 21.3. The average molecular weight is 410 g/mol. The Labute approximate surface area is 170 Å². The molecule has 2 fully saturated rings. The van der Waals surface area contributed by atoms with Gasteiger partial charge in [-0.3, -0.25) is 14.4 Å². The van der Waals surface area contributed by atoms with Crippen LogP contribution in [0.5, 0.6) is 0 Å². The second-order valence-electron chi connectivity index (χ2n) is 7.21. The summed E-state index contributed by atoms with van der Waals surface area (Å²) in [6.07, 6.45) is 4.94. The zero-order valence-electron chi connectivity index (χ0n) is 16.2. The summed E-state index contributed by atoms with van der Waals surface area (Å²) in [5, 5.41) is 11.9. The number of halogens is 1. The molecule has 2 saturated heterocycles. The lowest BCUT2D eigenvalue weighted by Crippen LogP contribution is -2.48. The van der Waals surface area contributed by atoms with Crippen LogP contribution >= 0.6 is 12.4 Å². The lowest BCUT2D eigenvalue weighted by molar-refractivity contribution is 0.0617. The monoisotopic (exact) mass is 409 g/mol. The van der Waals surface area contributed by atoms with Crippen LogP contribution in [0.2, 0.25) is 0 Å². The first-order chi connectivity index (χ1) is 13.2. The third-order valence-corrected chi connectivity index (χ3v) is 5.31. The number of carbonyl (C=O) groups is 1. The van der Waals surface area contributed by atoms with E-state index in [1.165, 1.54) is 0 Å². The van der Waals surface area contributed by atoms with Crippen LogP contribution in [-0.4, -0.2) is 74.9 Å². The van der Waals surface area contributed by atoms with E-state index in [1.807, 2.05) is 28.8 Å². The molecule has 2 aliphatic heterocycles. The number of piperidine rings is 1. The molecular formula is C18H28ClN7O2. The molecule has 0 saturated carbocycles. The minimum atomic E-state index is 0. The fourth-order valence-corrected chi connectivity index (χ4v) is 3.68. The van der Waals surface area contributed by atoms with Crippen molar-refractivity contribution in [2.75, 3.05) is 39.3 Å². The molecule has 28 heavy (non-hydrogen) atoms. The number of aromatic nitrogens is 4. The van der Waals surface area contributed by atoms with Gasteiger partial charge < -0.3 is 14.7 Å². The summed E-state index contributed by atoms with van der Waals surface area (Å²) in [7, 11) is 0. The van der Waals surface area contributed by atoms with E-state index in [4.69, 9.17) is 4.52 Å². The smallest absolute Gasteiger partial charge is 0.274 e. The van der Waals surface area contributed by atoms with Crippen molar-refractivity contribution in [1.82, 2.24) is 35.0 Å². The Morgan fingerprint density at radius 3 is 2.82 bits per heavy atom. The summed E-state index contributed by atoms with van der Waals surface area (Å²) in [6.45, 7) is 7.62. The van der Waals surface area contributed by atoms with Crippen molar-refractivity contribution in [2.24, 2.45) is 0 Å². The minimum absolute atomic E-state index is 0. The van der Waals surface area contributed by atoms with Gasteiger partial charge in [0.2, 0.25) is 5.89 Å². The highest BCUT2D eigenvalue weighted by molar-refractivity contribution is 5.92. The van der Waals surface area contributed by atoms with Crippen molar-refractivity contribution < 1.29 is 9.32 Å². The lowest BCUT2D eigenvalue weighted by atomic mass is 10.1. The van der Waals surface area contributed by atoms with Crippen LogP contribution in [0, 0.1) is 0 Å². The van der Waals surface area contributed by atoms with Gasteiger partial charge >= 0.3 is 0 Å². The van der Waals surface area contributed by atoms with Crippen LogP contribution in [0.4, 0.5) is 0 Å². The quantitative estimate of drug-likeness (QED) is 0.791. The van der Waals surface area contributed by atoms with Crippen LogP contribution < -0.4 is 5.32 Å².